The van der Waals surface area contributed by atoms with Crippen molar-refractivity contribution in [3.05, 3.63) is 83.6 Å². The van der Waals surface area contributed by atoms with Gasteiger partial charge in [-0.05, 0) is 29.9 Å². The molecule has 0 bridgehead atoms. The van der Waals surface area contributed by atoms with Crippen molar-refractivity contribution >= 4 is 16.3 Å². The molecule has 2 aliphatic rings. The molecule has 0 N–H and O–H groups in total. The van der Waals surface area contributed by atoms with Crippen LogP contribution in [0.15, 0.2) is 59.8 Å². The third-order valence-electron chi connectivity index (χ3n) is 5.13. The molecule has 1 aliphatic heterocycles. The lowest BCUT2D eigenvalue weighted by Gasteiger charge is -2.38. The van der Waals surface area contributed by atoms with Gasteiger partial charge < -0.3 is 4.57 Å². The van der Waals surface area contributed by atoms with E-state index >= 15 is 0 Å². The highest BCUT2D eigenvalue weighted by Gasteiger charge is 2.22. The first-order chi connectivity index (χ1) is 11.1. The summed E-state index contributed by atoms with van der Waals surface area (Å²) in [5.74, 6) is 0.539. The smallest absolute Gasteiger partial charge is 0.0961 e. The summed E-state index contributed by atoms with van der Waals surface area (Å²) in [5.41, 5.74) is 6.77. The van der Waals surface area contributed by atoms with E-state index in [1.165, 1.54) is 44.8 Å². The minimum Gasteiger partial charge on any atom is -0.301 e. The predicted octanol–water partition coefficient (Wildman–Crippen LogP) is 5.14. The normalized spacial score (nSPS) is 16.4. The van der Waals surface area contributed by atoms with Gasteiger partial charge in [0, 0.05) is 5.39 Å². The minimum atomic E-state index is 0.539. The van der Waals surface area contributed by atoms with Crippen molar-refractivity contribution in [3.8, 4) is 0 Å². The Balaban J connectivity index is 2.08. The van der Waals surface area contributed by atoms with Gasteiger partial charge in [0.1, 0.15) is 0 Å². The molecule has 2 heterocycles. The van der Waals surface area contributed by atoms with Gasteiger partial charge >= 0.3 is 0 Å². The number of hydrogen-bond donors (Lipinski definition) is 0. The number of allylic oxidation sites excluding steroid dienone is 6. The maximum absolute atomic E-state index is 2.37. The highest BCUT2D eigenvalue weighted by Crippen LogP contribution is 2.39. The Morgan fingerprint density at radius 1 is 1.17 bits per heavy atom. The van der Waals surface area contributed by atoms with Gasteiger partial charge in [-0.15, -0.1) is 17.2 Å². The molecule has 4 rings (SSSR count). The van der Waals surface area contributed by atoms with Crippen LogP contribution in [0.2, 0.25) is 0 Å². The molecule has 1 aromatic heterocycles. The van der Waals surface area contributed by atoms with Crippen LogP contribution in [-0.2, 0) is 0 Å². The lowest BCUT2D eigenvalue weighted by molar-refractivity contribution is -0.653. The zero-order valence-electron chi connectivity index (χ0n) is 14.2. The standard InChI is InChI=1S/C22H22N/c1-14(2)18-10-9-17-11-12-23-16(4)15(3)19-7-5-6-8-20(19)22(23)21(17)13-18/h5-14H,1-4H3/q-1. The molecule has 2 aromatic rings. The maximum atomic E-state index is 2.37. The third kappa shape index (κ3) is 2.03. The first-order valence-electron chi connectivity index (χ1n) is 8.34. The van der Waals surface area contributed by atoms with E-state index < -0.39 is 0 Å². The molecule has 0 saturated carbocycles. The largest absolute Gasteiger partial charge is 0.301 e. The van der Waals surface area contributed by atoms with Crippen LogP contribution >= 0.6 is 0 Å². The fourth-order valence-corrected chi connectivity index (χ4v) is 3.59. The molecule has 116 valence electrons. The summed E-state index contributed by atoms with van der Waals surface area (Å²) >= 11 is 0. The summed E-state index contributed by atoms with van der Waals surface area (Å²) in [6.45, 7) is 8.95. The summed E-state index contributed by atoms with van der Waals surface area (Å²) in [7, 11) is 0. The topological polar surface area (TPSA) is 3.88 Å². The lowest BCUT2D eigenvalue weighted by Crippen LogP contribution is -2.46. The first-order valence-corrected chi connectivity index (χ1v) is 8.34. The van der Waals surface area contributed by atoms with Crippen molar-refractivity contribution in [3.63, 3.8) is 0 Å². The molecule has 0 amide bonds. The Bertz CT molecular complexity index is 894. The van der Waals surface area contributed by atoms with Gasteiger partial charge in [0.2, 0.25) is 0 Å². The summed E-state index contributed by atoms with van der Waals surface area (Å²) in [6, 6.07) is 10.4. The second-order valence-electron chi connectivity index (χ2n) is 6.79. The molecular formula is C22H22N-. The van der Waals surface area contributed by atoms with Crippen LogP contribution in [0.5, 0.6) is 0 Å². The van der Waals surface area contributed by atoms with Gasteiger partial charge in [-0.25, -0.2) is 5.57 Å². The Hall–Kier alpha value is -2.41. The second-order valence-corrected chi connectivity index (χ2v) is 6.79. The number of pyridine rings is 1. The highest BCUT2D eigenvalue weighted by molar-refractivity contribution is 5.97. The van der Waals surface area contributed by atoms with Crippen molar-refractivity contribution in [1.29, 1.82) is 0 Å². The summed E-state index contributed by atoms with van der Waals surface area (Å²) in [6.07, 6.45) is 11.0. The molecule has 0 atom stereocenters. The van der Waals surface area contributed by atoms with Crippen molar-refractivity contribution in [2.45, 2.75) is 33.6 Å². The highest BCUT2D eigenvalue weighted by atomic mass is 15.0. The monoisotopic (exact) mass is 300 g/mol. The van der Waals surface area contributed by atoms with E-state index in [-0.39, 0.29) is 0 Å². The fraction of sp³-hybridized carbons (Fsp3) is 0.227. The molecule has 1 heteroatoms. The summed E-state index contributed by atoms with van der Waals surface area (Å²) in [5, 5.41) is 2.65. The van der Waals surface area contributed by atoms with Crippen LogP contribution < -0.4 is 4.57 Å². The molecule has 1 aliphatic carbocycles. The van der Waals surface area contributed by atoms with Gasteiger partial charge in [-0.1, -0.05) is 39.0 Å². The molecule has 0 saturated heterocycles. The van der Waals surface area contributed by atoms with Gasteiger partial charge in [0.05, 0.1) is 17.9 Å². The quantitative estimate of drug-likeness (QED) is 0.507. The fourth-order valence-electron chi connectivity index (χ4n) is 3.59. The van der Waals surface area contributed by atoms with Crippen LogP contribution in [0, 0.1) is 12.5 Å². The van der Waals surface area contributed by atoms with E-state index in [2.05, 4.69) is 87.4 Å². The molecule has 23 heavy (non-hydrogen) atoms. The number of aromatic nitrogens is 1. The zero-order valence-corrected chi connectivity index (χ0v) is 14.2. The Morgan fingerprint density at radius 3 is 2.78 bits per heavy atom. The van der Waals surface area contributed by atoms with E-state index in [0.29, 0.717) is 5.92 Å². The van der Waals surface area contributed by atoms with Gasteiger partial charge in [0.25, 0.3) is 0 Å². The molecule has 0 fully saturated rings. The number of fused-ring (bicyclic) bond motifs is 5. The van der Waals surface area contributed by atoms with Gasteiger partial charge in [0.15, 0.2) is 0 Å². The molecule has 0 radical (unpaired) electrons. The molecule has 0 spiro atoms. The van der Waals surface area contributed by atoms with Crippen molar-refractivity contribution in [2.75, 3.05) is 0 Å². The Morgan fingerprint density at radius 2 is 2.00 bits per heavy atom. The van der Waals surface area contributed by atoms with Crippen molar-refractivity contribution < 1.29 is 4.57 Å². The maximum Gasteiger partial charge on any atom is 0.0961 e. The Labute approximate surface area is 138 Å². The average molecular weight is 300 g/mol. The average Bonchev–Trinajstić information content (AvgIpc) is 2.58. The van der Waals surface area contributed by atoms with E-state index in [0.717, 1.165) is 0 Å². The van der Waals surface area contributed by atoms with E-state index in [1.54, 1.807) is 0 Å². The Kier molecular flexibility index (Phi) is 3.12. The second kappa shape index (κ2) is 5.06. The molecular weight excluding hydrogens is 278 g/mol. The van der Waals surface area contributed by atoms with E-state index in [9.17, 15) is 0 Å². The van der Waals surface area contributed by atoms with Crippen LogP contribution in [0.25, 0.3) is 16.3 Å². The van der Waals surface area contributed by atoms with E-state index in [4.69, 9.17) is 0 Å². The van der Waals surface area contributed by atoms with Gasteiger partial charge in [-0.2, -0.15) is 18.6 Å². The third-order valence-corrected chi connectivity index (χ3v) is 5.13. The van der Waals surface area contributed by atoms with Crippen LogP contribution in [-0.4, -0.2) is 0 Å². The number of benzene rings is 1. The summed E-state index contributed by atoms with van der Waals surface area (Å²) in [4.78, 5) is 0. The van der Waals surface area contributed by atoms with Gasteiger partial charge in [-0.3, -0.25) is 0 Å². The zero-order chi connectivity index (χ0) is 16.1. The minimum absolute atomic E-state index is 0.539. The molecule has 1 nitrogen and oxygen atoms in total. The number of rotatable bonds is 1. The van der Waals surface area contributed by atoms with Crippen LogP contribution in [0.3, 0.4) is 0 Å². The number of nitrogens with zero attached hydrogens (tertiary/aromatic N) is 1. The number of hydrogen-bond acceptors (Lipinski definition) is 0. The molecule has 1 aromatic carbocycles. The van der Waals surface area contributed by atoms with Crippen molar-refractivity contribution in [1.82, 2.24) is 0 Å². The first kappa shape index (κ1) is 14.2. The van der Waals surface area contributed by atoms with Crippen LogP contribution in [0.4, 0.5) is 0 Å². The summed E-state index contributed by atoms with van der Waals surface area (Å²) < 4.78 is 2.35. The lowest BCUT2D eigenvalue weighted by atomic mass is 9.83. The van der Waals surface area contributed by atoms with E-state index in [1.807, 2.05) is 0 Å². The predicted molar refractivity (Wildman–Crippen MR) is 96.7 cm³/mol. The van der Waals surface area contributed by atoms with Crippen molar-refractivity contribution in [2.24, 2.45) is 0 Å². The van der Waals surface area contributed by atoms with Crippen LogP contribution in [0.1, 0.15) is 44.9 Å². The molecule has 0 unspecified atom stereocenters. The SMILES string of the molecule is CC1=C2[CH-]C=CC=C2c2c3cc(C(C)C)ccc3cc[n+]2[C-]1C.